The van der Waals surface area contributed by atoms with Crippen LogP contribution in [0.25, 0.3) is 0 Å². The molecule has 1 aromatic rings. The molecule has 0 aliphatic heterocycles. The molecule has 0 spiro atoms. The van der Waals surface area contributed by atoms with Crippen LogP contribution in [0.1, 0.15) is 32.3 Å². The van der Waals surface area contributed by atoms with Crippen LogP contribution >= 0.6 is 0 Å². The van der Waals surface area contributed by atoms with E-state index < -0.39 is 0 Å². The van der Waals surface area contributed by atoms with Gasteiger partial charge in [-0.25, -0.2) is 4.98 Å². The van der Waals surface area contributed by atoms with Crippen molar-refractivity contribution >= 4 is 11.5 Å². The third-order valence-corrected chi connectivity index (χ3v) is 2.49. The summed E-state index contributed by atoms with van der Waals surface area (Å²) in [5.74, 6) is 0.927. The molecule has 0 bridgehead atoms. The van der Waals surface area contributed by atoms with Gasteiger partial charge >= 0.3 is 0 Å². The summed E-state index contributed by atoms with van der Waals surface area (Å²) in [6.45, 7) is 8.33. The predicted molar refractivity (Wildman–Crippen MR) is 66.2 cm³/mol. The van der Waals surface area contributed by atoms with Crippen LogP contribution in [-0.4, -0.2) is 18.1 Å². The van der Waals surface area contributed by atoms with E-state index in [4.69, 9.17) is 5.73 Å². The molecule has 0 atom stereocenters. The molecule has 2 N–H and O–H groups in total. The molecule has 0 aromatic carbocycles. The van der Waals surface area contributed by atoms with E-state index in [9.17, 15) is 0 Å². The highest BCUT2D eigenvalue weighted by Crippen LogP contribution is 2.20. The minimum absolute atomic E-state index is 0.785. The van der Waals surface area contributed by atoms with Crippen LogP contribution in [0.4, 0.5) is 11.5 Å². The fourth-order valence-electron chi connectivity index (χ4n) is 1.61. The van der Waals surface area contributed by atoms with Crippen molar-refractivity contribution in [2.75, 3.05) is 23.7 Å². The molecule has 0 fully saturated rings. The Morgan fingerprint density at radius 1 is 1.40 bits per heavy atom. The maximum absolute atomic E-state index is 5.97. The van der Waals surface area contributed by atoms with Gasteiger partial charge < -0.3 is 10.6 Å². The third-order valence-electron chi connectivity index (χ3n) is 2.49. The van der Waals surface area contributed by atoms with E-state index in [-0.39, 0.29) is 0 Å². The summed E-state index contributed by atoms with van der Waals surface area (Å²) in [6.07, 6.45) is 4.26. The lowest BCUT2D eigenvalue weighted by Crippen LogP contribution is -2.25. The summed E-state index contributed by atoms with van der Waals surface area (Å²) < 4.78 is 0. The van der Waals surface area contributed by atoms with Gasteiger partial charge in [-0.3, -0.25) is 0 Å². The van der Waals surface area contributed by atoms with Crippen LogP contribution in [0.5, 0.6) is 0 Å². The van der Waals surface area contributed by atoms with E-state index in [0.29, 0.717) is 0 Å². The van der Waals surface area contributed by atoms with Crippen molar-refractivity contribution in [1.29, 1.82) is 0 Å². The number of anilines is 2. The zero-order valence-electron chi connectivity index (χ0n) is 9.95. The van der Waals surface area contributed by atoms with E-state index in [2.05, 4.69) is 23.7 Å². The summed E-state index contributed by atoms with van der Waals surface area (Å²) in [5.41, 5.74) is 7.86. The van der Waals surface area contributed by atoms with E-state index in [1.807, 2.05) is 19.2 Å². The molecule has 0 saturated carbocycles. The number of unbranched alkanes of at least 4 members (excludes halogenated alkanes) is 1. The largest absolute Gasteiger partial charge is 0.396 e. The van der Waals surface area contributed by atoms with Crippen LogP contribution in [0, 0.1) is 6.92 Å². The summed E-state index contributed by atoms with van der Waals surface area (Å²) in [7, 11) is 0. The van der Waals surface area contributed by atoms with E-state index in [0.717, 1.165) is 30.2 Å². The van der Waals surface area contributed by atoms with Crippen molar-refractivity contribution < 1.29 is 0 Å². The summed E-state index contributed by atoms with van der Waals surface area (Å²) in [5, 5.41) is 0. The molecular formula is C12H21N3. The molecule has 0 saturated heterocycles. The van der Waals surface area contributed by atoms with Gasteiger partial charge in [0.05, 0.1) is 5.69 Å². The van der Waals surface area contributed by atoms with E-state index in [1.54, 1.807) is 0 Å². The number of nitrogens with zero attached hydrogens (tertiary/aromatic N) is 2. The predicted octanol–water partition coefficient (Wildman–Crippen LogP) is 2.60. The van der Waals surface area contributed by atoms with Crippen molar-refractivity contribution in [3.05, 3.63) is 17.8 Å². The molecule has 1 rings (SSSR count). The highest BCUT2D eigenvalue weighted by atomic mass is 15.2. The van der Waals surface area contributed by atoms with Crippen molar-refractivity contribution in [2.45, 2.75) is 33.6 Å². The summed E-state index contributed by atoms with van der Waals surface area (Å²) in [6, 6.07) is 1.98. The molecule has 15 heavy (non-hydrogen) atoms. The van der Waals surface area contributed by atoms with Crippen LogP contribution < -0.4 is 10.6 Å². The molecular weight excluding hydrogens is 186 g/mol. The first-order chi connectivity index (χ1) is 7.19. The number of rotatable bonds is 5. The van der Waals surface area contributed by atoms with Gasteiger partial charge in [0.1, 0.15) is 0 Å². The second-order valence-corrected chi connectivity index (χ2v) is 3.86. The summed E-state index contributed by atoms with van der Waals surface area (Å²) >= 11 is 0. The van der Waals surface area contributed by atoms with Crippen molar-refractivity contribution in [3.8, 4) is 0 Å². The summed E-state index contributed by atoms with van der Waals surface area (Å²) in [4.78, 5) is 6.64. The average Bonchev–Trinajstić information content (AvgIpc) is 2.21. The first-order valence-corrected chi connectivity index (χ1v) is 5.66. The fraction of sp³-hybridized carbons (Fsp3) is 0.583. The lowest BCUT2D eigenvalue weighted by Gasteiger charge is -2.23. The van der Waals surface area contributed by atoms with Crippen LogP contribution in [0.2, 0.25) is 0 Å². The molecule has 1 heterocycles. The number of pyridine rings is 1. The van der Waals surface area contributed by atoms with Gasteiger partial charge in [0.15, 0.2) is 5.82 Å². The Bertz CT molecular complexity index is 310. The van der Waals surface area contributed by atoms with E-state index >= 15 is 0 Å². The zero-order valence-corrected chi connectivity index (χ0v) is 9.95. The second kappa shape index (κ2) is 5.59. The second-order valence-electron chi connectivity index (χ2n) is 3.86. The van der Waals surface area contributed by atoms with Gasteiger partial charge in [-0.05, 0) is 31.9 Å². The first-order valence-electron chi connectivity index (χ1n) is 5.66. The van der Waals surface area contributed by atoms with Crippen molar-refractivity contribution in [1.82, 2.24) is 4.98 Å². The van der Waals surface area contributed by atoms with Crippen molar-refractivity contribution in [3.63, 3.8) is 0 Å². The smallest absolute Gasteiger partial charge is 0.151 e. The van der Waals surface area contributed by atoms with Crippen LogP contribution in [-0.2, 0) is 0 Å². The van der Waals surface area contributed by atoms with Crippen LogP contribution in [0.3, 0.4) is 0 Å². The molecule has 0 amide bonds. The minimum atomic E-state index is 0.785. The molecule has 1 aromatic heterocycles. The Balaban J connectivity index is 2.81. The van der Waals surface area contributed by atoms with E-state index in [1.165, 1.54) is 12.8 Å². The van der Waals surface area contributed by atoms with Gasteiger partial charge in [0.25, 0.3) is 0 Å². The molecule has 84 valence electrons. The Hall–Kier alpha value is -1.25. The molecule has 0 unspecified atom stereocenters. The lowest BCUT2D eigenvalue weighted by atomic mass is 10.2. The Morgan fingerprint density at radius 2 is 2.13 bits per heavy atom. The normalized spacial score (nSPS) is 10.3. The third kappa shape index (κ3) is 3.11. The van der Waals surface area contributed by atoms with Gasteiger partial charge in [-0.2, -0.15) is 0 Å². The highest BCUT2D eigenvalue weighted by Gasteiger charge is 2.08. The molecule has 3 nitrogen and oxygen atoms in total. The molecule has 3 heteroatoms. The van der Waals surface area contributed by atoms with Crippen molar-refractivity contribution in [2.24, 2.45) is 0 Å². The van der Waals surface area contributed by atoms with Gasteiger partial charge in [0, 0.05) is 19.3 Å². The number of hydrogen-bond donors (Lipinski definition) is 1. The lowest BCUT2D eigenvalue weighted by molar-refractivity contribution is 0.725. The van der Waals surface area contributed by atoms with Gasteiger partial charge in [0.2, 0.25) is 0 Å². The standard InChI is InChI=1S/C12H21N3/c1-4-6-7-15(5-2)12-11(13)8-10(3)9-14-12/h8-9H,4-7,13H2,1-3H3. The van der Waals surface area contributed by atoms with Gasteiger partial charge in [-0.15, -0.1) is 0 Å². The first kappa shape index (κ1) is 11.8. The number of aromatic nitrogens is 1. The maximum atomic E-state index is 5.97. The zero-order chi connectivity index (χ0) is 11.3. The average molecular weight is 207 g/mol. The Morgan fingerprint density at radius 3 is 2.67 bits per heavy atom. The SMILES string of the molecule is CCCCN(CC)c1ncc(C)cc1N. The minimum Gasteiger partial charge on any atom is -0.396 e. The number of aryl methyl sites for hydroxylation is 1. The Kier molecular flexibility index (Phi) is 4.40. The molecule has 0 aliphatic rings. The highest BCUT2D eigenvalue weighted by molar-refractivity contribution is 5.63. The van der Waals surface area contributed by atoms with Crippen LogP contribution in [0.15, 0.2) is 12.3 Å². The Labute approximate surface area is 92.3 Å². The maximum Gasteiger partial charge on any atom is 0.151 e. The van der Waals surface area contributed by atoms with Gasteiger partial charge in [-0.1, -0.05) is 13.3 Å². The fourth-order valence-corrected chi connectivity index (χ4v) is 1.61. The quantitative estimate of drug-likeness (QED) is 0.807. The number of nitrogens with two attached hydrogens (primary N) is 1. The monoisotopic (exact) mass is 207 g/mol. The number of nitrogen functional groups attached to an aromatic ring is 1. The topological polar surface area (TPSA) is 42.2 Å². The number of hydrogen-bond acceptors (Lipinski definition) is 3. The molecule has 0 aliphatic carbocycles. The molecule has 0 radical (unpaired) electrons.